The van der Waals surface area contributed by atoms with E-state index < -0.39 is 0 Å². The van der Waals surface area contributed by atoms with Crippen LogP contribution in [0, 0.1) is 0 Å². The van der Waals surface area contributed by atoms with Crippen LogP contribution in [0.2, 0.25) is 0 Å². The molecule has 2 aromatic heterocycles. The number of nitrogens with zero attached hydrogens (tertiary/aromatic N) is 1. The summed E-state index contributed by atoms with van der Waals surface area (Å²) in [4.78, 5) is 7.35. The zero-order chi connectivity index (χ0) is 11.1. The molecule has 3 N–H and O–H groups in total. The number of hydrogen-bond acceptors (Lipinski definition) is 3. The first-order chi connectivity index (χ1) is 7.79. The lowest BCUT2D eigenvalue weighted by molar-refractivity contribution is 0.419. The van der Waals surface area contributed by atoms with E-state index in [2.05, 4.69) is 9.97 Å². The zero-order valence-electron chi connectivity index (χ0n) is 8.82. The van der Waals surface area contributed by atoms with Gasteiger partial charge in [-0.3, -0.25) is 0 Å². The highest BCUT2D eigenvalue weighted by atomic mass is 16.5. The van der Waals surface area contributed by atoms with Crippen LogP contribution in [0.3, 0.4) is 0 Å². The van der Waals surface area contributed by atoms with E-state index in [9.17, 15) is 0 Å². The Morgan fingerprint density at radius 3 is 3.00 bits per heavy atom. The van der Waals surface area contributed by atoms with Crippen molar-refractivity contribution in [3.05, 3.63) is 30.5 Å². The fourth-order valence-electron chi connectivity index (χ4n) is 1.98. The number of ether oxygens (including phenoxy) is 1. The number of aromatic amines is 1. The Kier molecular flexibility index (Phi) is 1.77. The third-order valence-corrected chi connectivity index (χ3v) is 2.72. The fraction of sp³-hybridized carbons (Fsp3) is 0.0833. The fourth-order valence-corrected chi connectivity index (χ4v) is 1.98. The Balaban J connectivity index is 2.50. The number of anilines is 1. The van der Waals surface area contributed by atoms with Crippen molar-refractivity contribution in [1.82, 2.24) is 9.97 Å². The molecule has 0 atom stereocenters. The maximum Gasteiger partial charge on any atom is 0.142 e. The minimum Gasteiger partial charge on any atom is -0.495 e. The van der Waals surface area contributed by atoms with Crippen molar-refractivity contribution in [3.63, 3.8) is 0 Å². The van der Waals surface area contributed by atoms with E-state index in [1.165, 1.54) is 0 Å². The van der Waals surface area contributed by atoms with Crippen molar-refractivity contribution in [1.29, 1.82) is 0 Å². The zero-order valence-corrected chi connectivity index (χ0v) is 8.82. The van der Waals surface area contributed by atoms with Crippen LogP contribution in [0.25, 0.3) is 21.8 Å². The molecule has 0 amide bonds. The molecule has 0 bridgehead atoms. The van der Waals surface area contributed by atoms with Gasteiger partial charge < -0.3 is 15.5 Å². The molecule has 16 heavy (non-hydrogen) atoms. The van der Waals surface area contributed by atoms with E-state index in [1.807, 2.05) is 24.3 Å². The molecule has 1 aromatic carbocycles. The predicted molar refractivity (Wildman–Crippen MR) is 64.6 cm³/mol. The van der Waals surface area contributed by atoms with Gasteiger partial charge in [-0.2, -0.15) is 0 Å². The molecule has 0 saturated carbocycles. The summed E-state index contributed by atoms with van der Waals surface area (Å²) in [5, 5.41) is 2.17. The number of para-hydroxylation sites is 1. The van der Waals surface area contributed by atoms with Crippen molar-refractivity contribution in [2.75, 3.05) is 12.8 Å². The number of nitrogen functional groups attached to an aromatic ring is 1. The molecule has 3 aromatic rings. The van der Waals surface area contributed by atoms with Crippen LogP contribution in [0.15, 0.2) is 30.5 Å². The third-order valence-electron chi connectivity index (χ3n) is 2.72. The molecule has 0 aliphatic carbocycles. The van der Waals surface area contributed by atoms with Crippen LogP contribution in [0.1, 0.15) is 0 Å². The molecule has 80 valence electrons. The summed E-state index contributed by atoms with van der Waals surface area (Å²) in [7, 11) is 1.66. The van der Waals surface area contributed by atoms with E-state index in [-0.39, 0.29) is 0 Å². The molecule has 0 saturated heterocycles. The van der Waals surface area contributed by atoms with Gasteiger partial charge in [-0.25, -0.2) is 4.98 Å². The van der Waals surface area contributed by atoms with Crippen LogP contribution in [-0.2, 0) is 0 Å². The van der Waals surface area contributed by atoms with Crippen molar-refractivity contribution < 1.29 is 4.74 Å². The summed E-state index contributed by atoms with van der Waals surface area (Å²) in [6.45, 7) is 0. The van der Waals surface area contributed by atoms with E-state index in [1.54, 1.807) is 13.3 Å². The summed E-state index contributed by atoms with van der Waals surface area (Å²) in [5.41, 5.74) is 7.63. The minimum atomic E-state index is 0.524. The van der Waals surface area contributed by atoms with Crippen molar-refractivity contribution in [2.45, 2.75) is 0 Å². The van der Waals surface area contributed by atoms with E-state index >= 15 is 0 Å². The Hall–Kier alpha value is -2.23. The Morgan fingerprint density at radius 1 is 1.31 bits per heavy atom. The van der Waals surface area contributed by atoms with E-state index in [4.69, 9.17) is 10.5 Å². The highest BCUT2D eigenvalue weighted by Crippen LogP contribution is 2.31. The quantitative estimate of drug-likeness (QED) is 0.652. The van der Waals surface area contributed by atoms with E-state index in [0.29, 0.717) is 5.82 Å². The van der Waals surface area contributed by atoms with Crippen molar-refractivity contribution in [2.24, 2.45) is 0 Å². The van der Waals surface area contributed by atoms with Gasteiger partial charge in [0.2, 0.25) is 0 Å². The van der Waals surface area contributed by atoms with Gasteiger partial charge in [0.05, 0.1) is 24.3 Å². The second kappa shape index (κ2) is 3.13. The van der Waals surface area contributed by atoms with Gasteiger partial charge in [0.1, 0.15) is 11.6 Å². The molecule has 0 unspecified atom stereocenters. The molecule has 4 heteroatoms. The first-order valence-electron chi connectivity index (χ1n) is 4.99. The SMILES string of the molecule is COc1cccc2c1[nH]c1cnc(N)cc12. The number of nitrogens with one attached hydrogen (secondary N) is 1. The smallest absolute Gasteiger partial charge is 0.142 e. The first kappa shape index (κ1) is 9.03. The standard InChI is InChI=1S/C12H11N3O/c1-16-10-4-2-3-7-8-5-11(13)14-6-9(8)15-12(7)10/h2-6,15H,1H3,(H2,13,14). The maximum absolute atomic E-state index is 5.69. The molecule has 0 aliphatic heterocycles. The average Bonchev–Trinajstić information content (AvgIpc) is 2.67. The van der Waals surface area contributed by atoms with E-state index in [0.717, 1.165) is 27.6 Å². The van der Waals surface area contributed by atoms with Crippen molar-refractivity contribution in [3.8, 4) is 5.75 Å². The average molecular weight is 213 g/mol. The summed E-state index contributed by atoms with van der Waals surface area (Å²) in [5.74, 6) is 1.35. The summed E-state index contributed by atoms with van der Waals surface area (Å²) in [6.07, 6.45) is 1.74. The van der Waals surface area contributed by atoms with Gasteiger partial charge in [0.25, 0.3) is 0 Å². The molecule has 0 aliphatic rings. The molecule has 0 radical (unpaired) electrons. The van der Waals surface area contributed by atoms with Gasteiger partial charge in [0.15, 0.2) is 0 Å². The lowest BCUT2D eigenvalue weighted by atomic mass is 10.2. The molecular weight excluding hydrogens is 202 g/mol. The predicted octanol–water partition coefficient (Wildman–Crippen LogP) is 2.31. The van der Waals surface area contributed by atoms with Gasteiger partial charge in [-0.05, 0) is 12.1 Å². The summed E-state index contributed by atoms with van der Waals surface area (Å²) >= 11 is 0. The highest BCUT2D eigenvalue weighted by molar-refractivity contribution is 6.09. The van der Waals surface area contributed by atoms with Crippen LogP contribution in [-0.4, -0.2) is 17.1 Å². The number of hydrogen-bond donors (Lipinski definition) is 2. The number of fused-ring (bicyclic) bond motifs is 3. The Morgan fingerprint density at radius 2 is 2.19 bits per heavy atom. The molecule has 0 fully saturated rings. The Labute approximate surface area is 92.0 Å². The number of methoxy groups -OCH3 is 1. The molecule has 4 nitrogen and oxygen atoms in total. The normalized spacial score (nSPS) is 11.1. The maximum atomic E-state index is 5.69. The summed E-state index contributed by atoms with van der Waals surface area (Å²) in [6, 6.07) is 7.79. The second-order valence-electron chi connectivity index (χ2n) is 3.66. The largest absolute Gasteiger partial charge is 0.495 e. The highest BCUT2D eigenvalue weighted by Gasteiger charge is 2.08. The minimum absolute atomic E-state index is 0.524. The van der Waals surface area contributed by atoms with Crippen LogP contribution in [0.5, 0.6) is 5.75 Å². The summed E-state index contributed by atoms with van der Waals surface area (Å²) < 4.78 is 5.30. The lowest BCUT2D eigenvalue weighted by Crippen LogP contribution is -1.87. The van der Waals surface area contributed by atoms with Gasteiger partial charge in [-0.1, -0.05) is 12.1 Å². The first-order valence-corrected chi connectivity index (χ1v) is 4.99. The monoisotopic (exact) mass is 213 g/mol. The van der Waals surface area contributed by atoms with Crippen LogP contribution < -0.4 is 10.5 Å². The topological polar surface area (TPSA) is 63.9 Å². The molecule has 0 spiro atoms. The number of H-pyrrole nitrogens is 1. The second-order valence-corrected chi connectivity index (χ2v) is 3.66. The number of nitrogens with two attached hydrogens (primary N) is 1. The third kappa shape index (κ3) is 1.13. The number of rotatable bonds is 1. The van der Waals surface area contributed by atoms with Gasteiger partial charge >= 0.3 is 0 Å². The number of benzene rings is 1. The van der Waals surface area contributed by atoms with Gasteiger partial charge in [0, 0.05) is 10.8 Å². The molecule has 3 rings (SSSR count). The number of pyridine rings is 1. The Bertz CT molecular complexity index is 672. The van der Waals surface area contributed by atoms with Crippen LogP contribution in [0.4, 0.5) is 5.82 Å². The molecular formula is C12H11N3O. The van der Waals surface area contributed by atoms with Crippen molar-refractivity contribution >= 4 is 27.6 Å². The lowest BCUT2D eigenvalue weighted by Gasteiger charge is -1.99. The van der Waals surface area contributed by atoms with Crippen LogP contribution >= 0.6 is 0 Å². The number of aromatic nitrogens is 2. The van der Waals surface area contributed by atoms with Gasteiger partial charge in [-0.15, -0.1) is 0 Å². The molecule has 2 heterocycles.